The topological polar surface area (TPSA) is 195 Å². The third kappa shape index (κ3) is 5.95. The summed E-state index contributed by atoms with van der Waals surface area (Å²) in [5.74, 6) is 0.291. The molecule has 0 radical (unpaired) electrons. The Morgan fingerprint density at radius 1 is 1.22 bits per heavy atom. The number of aliphatic hydroxyl groups is 4. The van der Waals surface area contributed by atoms with Gasteiger partial charge in [-0.05, 0) is 38.1 Å². The third-order valence-corrected chi connectivity index (χ3v) is 6.62. The van der Waals surface area contributed by atoms with Gasteiger partial charge in [0.15, 0.2) is 28.4 Å². The normalized spacial score (nSPS) is 22.5. The maximum Gasteiger partial charge on any atom is 0.338 e. The Morgan fingerprint density at radius 2 is 1.95 bits per heavy atom. The van der Waals surface area contributed by atoms with Crippen molar-refractivity contribution in [2.45, 2.75) is 55.8 Å². The van der Waals surface area contributed by atoms with Crippen molar-refractivity contribution < 1.29 is 39.4 Å². The molecule has 5 atom stereocenters. The molecule has 1 aliphatic heterocycles. The summed E-state index contributed by atoms with van der Waals surface area (Å²) in [6.07, 6.45) is -4.67. The van der Waals surface area contributed by atoms with E-state index < -0.39 is 43.2 Å². The van der Waals surface area contributed by atoms with Crippen LogP contribution >= 0.6 is 11.8 Å². The molecule has 0 spiro atoms. The van der Waals surface area contributed by atoms with Crippen molar-refractivity contribution in [3.63, 3.8) is 0 Å². The summed E-state index contributed by atoms with van der Waals surface area (Å²) in [6.45, 7) is 3.00. The number of esters is 1. The molecule has 3 heterocycles. The highest BCUT2D eigenvalue weighted by Crippen LogP contribution is 2.36. The summed E-state index contributed by atoms with van der Waals surface area (Å²) in [4.78, 5) is 24.5. The average molecular weight is 536 g/mol. The smallest absolute Gasteiger partial charge is 0.338 e. The molecule has 0 bridgehead atoms. The molecule has 2 aromatic heterocycles. The third-order valence-electron chi connectivity index (χ3n) is 5.52. The number of nitrogen functional groups attached to an aromatic ring is 1. The Labute approximate surface area is 216 Å². The number of carbonyl (C=O) groups is 1. The summed E-state index contributed by atoms with van der Waals surface area (Å²) >= 11 is 1.14. The second-order valence-corrected chi connectivity index (χ2v) is 9.67. The minimum absolute atomic E-state index is 0.0428. The van der Waals surface area contributed by atoms with E-state index in [0.29, 0.717) is 16.5 Å². The van der Waals surface area contributed by atoms with Crippen LogP contribution in [-0.2, 0) is 9.47 Å². The molecule has 1 aliphatic rings. The van der Waals surface area contributed by atoms with Gasteiger partial charge in [-0.15, -0.1) is 0 Å². The maximum atomic E-state index is 12.0. The van der Waals surface area contributed by atoms with Gasteiger partial charge in [-0.3, -0.25) is 4.57 Å². The van der Waals surface area contributed by atoms with E-state index in [1.54, 1.807) is 38.1 Å². The van der Waals surface area contributed by atoms with E-state index in [4.69, 9.17) is 19.9 Å². The number of hydrogen-bond acceptors (Lipinski definition) is 13. The summed E-state index contributed by atoms with van der Waals surface area (Å²) in [5.41, 5.74) is 6.88. The number of rotatable bonds is 10. The summed E-state index contributed by atoms with van der Waals surface area (Å²) in [6, 6.07) is 6.38. The number of fused-ring (bicyclic) bond motifs is 1. The predicted octanol–water partition coefficient (Wildman–Crippen LogP) is 0.117. The first kappa shape index (κ1) is 27.0. The summed E-state index contributed by atoms with van der Waals surface area (Å²) in [5, 5.41) is 41.0. The second-order valence-electron chi connectivity index (χ2n) is 8.68. The van der Waals surface area contributed by atoms with E-state index in [0.717, 1.165) is 11.8 Å². The van der Waals surface area contributed by atoms with Crippen molar-refractivity contribution in [1.82, 2.24) is 19.5 Å². The van der Waals surface area contributed by atoms with Crippen LogP contribution < -0.4 is 10.5 Å². The second kappa shape index (κ2) is 11.6. The molecule has 37 heavy (non-hydrogen) atoms. The number of hydrogen-bond donors (Lipinski definition) is 5. The highest BCUT2D eigenvalue weighted by molar-refractivity contribution is 7.99. The first-order valence-corrected chi connectivity index (χ1v) is 12.5. The van der Waals surface area contributed by atoms with E-state index in [-0.39, 0.29) is 35.4 Å². The lowest BCUT2D eigenvalue weighted by molar-refractivity contribution is -0.0548. The van der Waals surface area contributed by atoms with E-state index in [1.165, 1.54) is 10.9 Å². The molecular formula is C23H29N5O8S. The van der Waals surface area contributed by atoms with Crippen LogP contribution in [-0.4, -0.2) is 95.4 Å². The SMILES string of the molecule is CC(C)OC(=O)c1ccc(OCC(O)CSc2nc3c(N)ncnc3n2[C@@H]2O[C@H](CO)[C@@H](O)[C@H]2O)cc1. The number of carbonyl (C=O) groups excluding carboxylic acids is 1. The predicted molar refractivity (Wildman–Crippen MR) is 132 cm³/mol. The highest BCUT2D eigenvalue weighted by Gasteiger charge is 2.45. The standard InChI is InChI=1S/C23H29N5O8S/c1-11(2)35-22(33)12-3-5-14(6-4-12)34-8-13(30)9-37-23-27-16-19(24)25-10-26-20(16)28(23)21-18(32)17(31)15(7-29)36-21/h3-6,10-11,13,15,17-18,21,29-32H,7-9H2,1-2H3,(H2,24,25,26)/t13?,15-,17-,18-,21-/m1/s1. The van der Waals surface area contributed by atoms with Crippen LogP contribution in [0.2, 0.25) is 0 Å². The molecule has 14 heteroatoms. The number of aliphatic hydroxyl groups excluding tert-OH is 4. The number of aromatic nitrogens is 4. The van der Waals surface area contributed by atoms with Gasteiger partial charge in [0.1, 0.15) is 37.0 Å². The minimum Gasteiger partial charge on any atom is -0.491 e. The van der Waals surface area contributed by atoms with Gasteiger partial charge in [0, 0.05) is 5.75 Å². The molecule has 4 rings (SSSR count). The van der Waals surface area contributed by atoms with Crippen molar-refractivity contribution in [2.24, 2.45) is 0 Å². The molecule has 13 nitrogen and oxygen atoms in total. The van der Waals surface area contributed by atoms with Crippen molar-refractivity contribution >= 4 is 34.7 Å². The molecular weight excluding hydrogens is 506 g/mol. The van der Waals surface area contributed by atoms with Crippen molar-refractivity contribution in [1.29, 1.82) is 0 Å². The highest BCUT2D eigenvalue weighted by atomic mass is 32.2. The fraction of sp³-hybridized carbons (Fsp3) is 0.478. The number of ether oxygens (including phenoxy) is 3. The van der Waals surface area contributed by atoms with Gasteiger partial charge in [0.2, 0.25) is 0 Å². The van der Waals surface area contributed by atoms with Gasteiger partial charge in [-0.2, -0.15) is 0 Å². The van der Waals surface area contributed by atoms with Crippen LogP contribution in [0.1, 0.15) is 30.4 Å². The van der Waals surface area contributed by atoms with E-state index in [1.807, 2.05) is 0 Å². The van der Waals surface area contributed by atoms with Crippen LogP contribution in [0.3, 0.4) is 0 Å². The van der Waals surface area contributed by atoms with E-state index in [9.17, 15) is 25.2 Å². The Morgan fingerprint density at radius 3 is 2.59 bits per heavy atom. The fourth-order valence-corrected chi connectivity index (χ4v) is 4.63. The zero-order chi connectivity index (χ0) is 26.7. The number of benzene rings is 1. The largest absolute Gasteiger partial charge is 0.491 e. The van der Waals surface area contributed by atoms with Gasteiger partial charge >= 0.3 is 5.97 Å². The van der Waals surface area contributed by atoms with Crippen LogP contribution in [0.4, 0.5) is 5.82 Å². The monoisotopic (exact) mass is 535 g/mol. The average Bonchev–Trinajstić information content (AvgIpc) is 3.38. The lowest BCUT2D eigenvalue weighted by Gasteiger charge is -2.19. The number of nitrogens with two attached hydrogens (primary N) is 1. The Kier molecular flexibility index (Phi) is 8.46. The van der Waals surface area contributed by atoms with Crippen LogP contribution in [0.15, 0.2) is 35.7 Å². The van der Waals surface area contributed by atoms with Gasteiger partial charge in [0.25, 0.3) is 0 Å². The Balaban J connectivity index is 1.43. The molecule has 1 saturated heterocycles. The van der Waals surface area contributed by atoms with Crippen LogP contribution in [0.5, 0.6) is 5.75 Å². The molecule has 1 aromatic carbocycles. The summed E-state index contributed by atoms with van der Waals surface area (Å²) in [7, 11) is 0. The molecule has 0 amide bonds. The van der Waals surface area contributed by atoms with E-state index in [2.05, 4.69) is 15.0 Å². The van der Waals surface area contributed by atoms with Crippen molar-refractivity contribution in [2.75, 3.05) is 24.7 Å². The zero-order valence-corrected chi connectivity index (χ0v) is 21.0. The lowest BCUT2D eigenvalue weighted by Crippen LogP contribution is -2.33. The lowest BCUT2D eigenvalue weighted by atomic mass is 10.1. The quantitative estimate of drug-likeness (QED) is 0.174. The van der Waals surface area contributed by atoms with Crippen LogP contribution in [0.25, 0.3) is 11.2 Å². The van der Waals surface area contributed by atoms with Crippen molar-refractivity contribution in [3.8, 4) is 5.75 Å². The molecule has 3 aromatic rings. The maximum absolute atomic E-state index is 12.0. The van der Waals surface area contributed by atoms with Gasteiger partial charge in [0.05, 0.1) is 24.4 Å². The fourth-order valence-electron chi connectivity index (χ4n) is 3.71. The molecule has 0 aliphatic carbocycles. The first-order chi connectivity index (χ1) is 17.7. The number of imidazole rings is 1. The Bertz CT molecular complexity index is 1220. The van der Waals surface area contributed by atoms with Gasteiger partial charge in [-0.25, -0.2) is 19.7 Å². The van der Waals surface area contributed by atoms with E-state index >= 15 is 0 Å². The zero-order valence-electron chi connectivity index (χ0n) is 20.2. The number of thioether (sulfide) groups is 1. The molecule has 1 fully saturated rings. The molecule has 6 N–H and O–H groups in total. The number of nitrogens with zero attached hydrogens (tertiary/aromatic N) is 4. The van der Waals surface area contributed by atoms with Crippen LogP contribution in [0, 0.1) is 0 Å². The number of anilines is 1. The molecule has 1 unspecified atom stereocenters. The summed E-state index contributed by atoms with van der Waals surface area (Å²) < 4.78 is 17.9. The first-order valence-electron chi connectivity index (χ1n) is 11.5. The molecule has 0 saturated carbocycles. The Hall–Kier alpha value is -3.01. The minimum atomic E-state index is -1.36. The molecule has 200 valence electrons. The van der Waals surface area contributed by atoms with Gasteiger partial charge < -0.3 is 40.4 Å². The van der Waals surface area contributed by atoms with Gasteiger partial charge in [-0.1, -0.05) is 11.8 Å². The van der Waals surface area contributed by atoms with Crippen molar-refractivity contribution in [3.05, 3.63) is 36.2 Å².